The molecule has 0 aliphatic rings. The predicted molar refractivity (Wildman–Crippen MR) is 92.6 cm³/mol. The fourth-order valence-corrected chi connectivity index (χ4v) is 3.79. The van der Waals surface area contributed by atoms with Crippen LogP contribution in [0.4, 0.5) is 0 Å². The van der Waals surface area contributed by atoms with Crippen molar-refractivity contribution in [1.29, 1.82) is 0 Å². The Labute approximate surface area is 144 Å². The van der Waals surface area contributed by atoms with Gasteiger partial charge >= 0.3 is 0 Å². The van der Waals surface area contributed by atoms with Crippen molar-refractivity contribution in [3.05, 3.63) is 63.1 Å². The van der Waals surface area contributed by atoms with Crippen molar-refractivity contribution >= 4 is 31.9 Å². The average Bonchev–Trinajstić information content (AvgIpc) is 2.47. The SMILES string of the molecule is Cc1ccc(C(=O)NNS(=O)(=O)c2cc(Br)ccc2C)c(C)c1. The van der Waals surface area contributed by atoms with E-state index < -0.39 is 15.9 Å². The van der Waals surface area contributed by atoms with Gasteiger partial charge in [-0.15, -0.1) is 4.83 Å². The zero-order valence-electron chi connectivity index (χ0n) is 13.0. The van der Waals surface area contributed by atoms with E-state index in [2.05, 4.69) is 26.2 Å². The Hall–Kier alpha value is -1.70. The quantitative estimate of drug-likeness (QED) is 0.779. The molecular weight excluding hydrogens is 380 g/mol. The minimum atomic E-state index is -3.85. The zero-order valence-corrected chi connectivity index (χ0v) is 15.4. The second-order valence-electron chi connectivity index (χ2n) is 5.29. The van der Waals surface area contributed by atoms with Gasteiger partial charge in [0, 0.05) is 10.0 Å². The van der Waals surface area contributed by atoms with Gasteiger partial charge in [0.25, 0.3) is 15.9 Å². The van der Waals surface area contributed by atoms with Crippen molar-refractivity contribution in [2.24, 2.45) is 0 Å². The summed E-state index contributed by atoms with van der Waals surface area (Å²) in [5.41, 5.74) is 5.07. The molecule has 0 radical (unpaired) electrons. The van der Waals surface area contributed by atoms with Crippen LogP contribution >= 0.6 is 15.9 Å². The topological polar surface area (TPSA) is 75.3 Å². The summed E-state index contributed by atoms with van der Waals surface area (Å²) in [5, 5.41) is 0. The van der Waals surface area contributed by atoms with Crippen LogP contribution in [0.5, 0.6) is 0 Å². The number of nitrogens with one attached hydrogen (secondary N) is 2. The molecule has 2 rings (SSSR count). The Morgan fingerprint density at radius 3 is 2.35 bits per heavy atom. The van der Waals surface area contributed by atoms with Crippen LogP contribution in [0.2, 0.25) is 0 Å². The summed E-state index contributed by atoms with van der Waals surface area (Å²) in [4.78, 5) is 14.4. The number of halogens is 1. The van der Waals surface area contributed by atoms with Crippen LogP contribution in [0.15, 0.2) is 45.8 Å². The molecule has 0 bridgehead atoms. The summed E-state index contributed by atoms with van der Waals surface area (Å²) < 4.78 is 25.3. The lowest BCUT2D eigenvalue weighted by Gasteiger charge is -2.12. The van der Waals surface area contributed by atoms with Gasteiger partial charge in [0.2, 0.25) is 0 Å². The van der Waals surface area contributed by atoms with Crippen LogP contribution in [-0.2, 0) is 10.0 Å². The highest BCUT2D eigenvalue weighted by Crippen LogP contribution is 2.20. The molecule has 0 saturated carbocycles. The van der Waals surface area contributed by atoms with Gasteiger partial charge in [-0.3, -0.25) is 10.2 Å². The molecule has 0 saturated heterocycles. The van der Waals surface area contributed by atoms with Crippen molar-refractivity contribution in [1.82, 2.24) is 10.3 Å². The van der Waals surface area contributed by atoms with E-state index in [4.69, 9.17) is 0 Å². The molecule has 0 atom stereocenters. The highest BCUT2D eigenvalue weighted by Gasteiger charge is 2.19. The lowest BCUT2D eigenvalue weighted by molar-refractivity contribution is 0.0944. The minimum absolute atomic E-state index is 0.104. The zero-order chi connectivity index (χ0) is 17.2. The third-order valence-corrected chi connectivity index (χ3v) is 5.25. The van der Waals surface area contributed by atoms with E-state index in [-0.39, 0.29) is 4.90 Å². The molecule has 0 heterocycles. The van der Waals surface area contributed by atoms with Crippen LogP contribution < -0.4 is 10.3 Å². The van der Waals surface area contributed by atoms with Crippen LogP contribution in [0, 0.1) is 20.8 Å². The van der Waals surface area contributed by atoms with Crippen LogP contribution in [-0.4, -0.2) is 14.3 Å². The molecule has 5 nitrogen and oxygen atoms in total. The van der Waals surface area contributed by atoms with E-state index in [1.165, 1.54) is 6.07 Å². The van der Waals surface area contributed by atoms with Crippen molar-refractivity contribution in [3.8, 4) is 0 Å². The summed E-state index contributed by atoms with van der Waals surface area (Å²) in [7, 11) is -3.85. The first kappa shape index (κ1) is 17.7. The second-order valence-corrected chi connectivity index (χ2v) is 7.85. The molecule has 23 heavy (non-hydrogen) atoms. The van der Waals surface area contributed by atoms with Gasteiger partial charge in [-0.1, -0.05) is 39.7 Å². The molecule has 2 aromatic rings. The van der Waals surface area contributed by atoms with Gasteiger partial charge in [0.1, 0.15) is 0 Å². The Kier molecular flexibility index (Phi) is 5.23. The molecule has 1 amide bonds. The van der Waals surface area contributed by atoms with Gasteiger partial charge in [-0.2, -0.15) is 0 Å². The van der Waals surface area contributed by atoms with E-state index >= 15 is 0 Å². The summed E-state index contributed by atoms with van der Waals surface area (Å²) in [5.74, 6) is -0.501. The molecule has 0 aliphatic carbocycles. The summed E-state index contributed by atoms with van der Waals surface area (Å²) in [6, 6.07) is 10.3. The molecule has 7 heteroatoms. The fourth-order valence-electron chi connectivity index (χ4n) is 2.17. The van der Waals surface area contributed by atoms with Gasteiger partial charge in [0.05, 0.1) is 4.90 Å². The largest absolute Gasteiger partial charge is 0.273 e. The number of carbonyl (C=O) groups is 1. The van der Waals surface area contributed by atoms with E-state index in [1.54, 1.807) is 38.1 Å². The maximum Gasteiger partial charge on any atom is 0.266 e. The van der Waals surface area contributed by atoms with Crippen molar-refractivity contribution in [2.45, 2.75) is 25.7 Å². The molecule has 0 unspecified atom stereocenters. The summed E-state index contributed by atoms with van der Waals surface area (Å²) in [6.45, 7) is 5.41. The molecule has 122 valence electrons. The minimum Gasteiger partial charge on any atom is -0.273 e. The first-order valence-corrected chi connectivity index (χ1v) is 9.14. The van der Waals surface area contributed by atoms with E-state index in [0.717, 1.165) is 11.1 Å². The Balaban J connectivity index is 2.19. The molecule has 0 aliphatic heterocycles. The van der Waals surface area contributed by atoms with Gasteiger partial charge in [0.15, 0.2) is 0 Å². The van der Waals surface area contributed by atoms with Crippen LogP contribution in [0.3, 0.4) is 0 Å². The number of hydrogen-bond donors (Lipinski definition) is 2. The number of benzene rings is 2. The lowest BCUT2D eigenvalue weighted by Crippen LogP contribution is -2.42. The molecule has 2 N–H and O–H groups in total. The number of hydrogen-bond acceptors (Lipinski definition) is 3. The first-order chi connectivity index (χ1) is 10.7. The number of hydrazine groups is 1. The fraction of sp³-hybridized carbons (Fsp3) is 0.188. The number of sulfonamides is 1. The number of rotatable bonds is 4. The standard InChI is InChI=1S/C16H17BrN2O3S/c1-10-4-7-14(12(3)8-10)16(20)18-19-23(21,22)15-9-13(17)6-5-11(15)2/h4-9,19H,1-3H3,(H,18,20). The van der Waals surface area contributed by atoms with Crippen LogP contribution in [0.25, 0.3) is 0 Å². The van der Waals surface area contributed by atoms with Gasteiger partial charge in [-0.05, 0) is 50.1 Å². The highest BCUT2D eigenvalue weighted by molar-refractivity contribution is 9.10. The van der Waals surface area contributed by atoms with Crippen LogP contribution in [0.1, 0.15) is 27.0 Å². The van der Waals surface area contributed by atoms with Crippen molar-refractivity contribution < 1.29 is 13.2 Å². The maximum absolute atomic E-state index is 12.3. The average molecular weight is 397 g/mol. The first-order valence-electron chi connectivity index (χ1n) is 6.86. The summed E-state index contributed by atoms with van der Waals surface area (Å²) in [6.07, 6.45) is 0. The van der Waals surface area contributed by atoms with Crippen molar-refractivity contribution in [2.75, 3.05) is 0 Å². The Bertz CT molecular complexity index is 864. The lowest BCUT2D eigenvalue weighted by atomic mass is 10.1. The predicted octanol–water partition coefficient (Wildman–Crippen LogP) is 3.00. The molecule has 0 spiro atoms. The summed E-state index contributed by atoms with van der Waals surface area (Å²) >= 11 is 3.24. The molecular formula is C16H17BrN2O3S. The smallest absolute Gasteiger partial charge is 0.266 e. The second kappa shape index (κ2) is 6.82. The third-order valence-electron chi connectivity index (χ3n) is 3.37. The number of amides is 1. The monoisotopic (exact) mass is 396 g/mol. The van der Waals surface area contributed by atoms with E-state index in [1.807, 2.05) is 13.0 Å². The molecule has 0 aromatic heterocycles. The molecule has 0 fully saturated rings. The number of carbonyl (C=O) groups excluding carboxylic acids is 1. The molecule has 2 aromatic carbocycles. The Morgan fingerprint density at radius 1 is 1.00 bits per heavy atom. The van der Waals surface area contributed by atoms with E-state index in [9.17, 15) is 13.2 Å². The number of aryl methyl sites for hydroxylation is 3. The maximum atomic E-state index is 12.3. The highest BCUT2D eigenvalue weighted by atomic mass is 79.9. The van der Waals surface area contributed by atoms with Gasteiger partial charge < -0.3 is 0 Å². The Morgan fingerprint density at radius 2 is 1.70 bits per heavy atom. The van der Waals surface area contributed by atoms with Gasteiger partial charge in [-0.25, -0.2) is 8.42 Å². The normalized spacial score (nSPS) is 11.3. The third kappa shape index (κ3) is 4.19. The van der Waals surface area contributed by atoms with E-state index in [0.29, 0.717) is 15.6 Å². The van der Waals surface area contributed by atoms with Crippen molar-refractivity contribution in [3.63, 3.8) is 0 Å².